The summed E-state index contributed by atoms with van der Waals surface area (Å²) < 4.78 is 13.6. The number of rotatable bonds is 3. The Labute approximate surface area is 121 Å². The van der Waals surface area contributed by atoms with Crippen molar-refractivity contribution in [2.45, 2.75) is 13.8 Å². The number of oxime groups is 1. The molecule has 0 fully saturated rings. The van der Waals surface area contributed by atoms with E-state index in [1.54, 1.807) is 44.2 Å². The van der Waals surface area contributed by atoms with E-state index in [2.05, 4.69) is 10.5 Å². The van der Waals surface area contributed by atoms with E-state index in [0.717, 1.165) is 11.1 Å². The van der Waals surface area contributed by atoms with E-state index in [1.807, 2.05) is 0 Å². The Morgan fingerprint density at radius 3 is 2.48 bits per heavy atom. The molecule has 0 bridgehead atoms. The molecule has 2 rings (SSSR count). The van der Waals surface area contributed by atoms with Crippen molar-refractivity contribution in [3.63, 3.8) is 0 Å². The molecule has 0 atom stereocenters. The highest BCUT2D eigenvalue weighted by atomic mass is 19.1. The standard InChI is InChI=1S/C16H15FN2O2/c1-10-3-8-15(17)14(9-10)16(20)18-13-6-4-12(5-7-13)11(2)19-21/h3-9,21H,1-2H3,(H,18,20). The second-order valence-corrected chi connectivity index (χ2v) is 4.70. The monoisotopic (exact) mass is 286 g/mol. The highest BCUT2D eigenvalue weighted by Gasteiger charge is 2.12. The second kappa shape index (κ2) is 6.17. The number of amides is 1. The summed E-state index contributed by atoms with van der Waals surface area (Å²) in [7, 11) is 0. The Morgan fingerprint density at radius 2 is 1.86 bits per heavy atom. The van der Waals surface area contributed by atoms with Gasteiger partial charge in [-0.3, -0.25) is 4.79 Å². The van der Waals surface area contributed by atoms with E-state index < -0.39 is 11.7 Å². The fraction of sp³-hybridized carbons (Fsp3) is 0.125. The van der Waals surface area contributed by atoms with Gasteiger partial charge in [0, 0.05) is 5.69 Å². The van der Waals surface area contributed by atoms with Crippen molar-refractivity contribution in [3.8, 4) is 0 Å². The SMILES string of the molecule is CC(=NO)c1ccc(NC(=O)c2cc(C)ccc2F)cc1. The number of benzene rings is 2. The van der Waals surface area contributed by atoms with E-state index in [0.29, 0.717) is 11.4 Å². The number of carbonyl (C=O) groups is 1. The summed E-state index contributed by atoms with van der Waals surface area (Å²) >= 11 is 0. The van der Waals surface area contributed by atoms with Crippen LogP contribution in [0, 0.1) is 12.7 Å². The van der Waals surface area contributed by atoms with Crippen molar-refractivity contribution in [2.75, 3.05) is 5.32 Å². The molecule has 1 amide bonds. The quantitative estimate of drug-likeness (QED) is 0.514. The molecule has 0 aromatic heterocycles. The Hall–Kier alpha value is -2.69. The largest absolute Gasteiger partial charge is 0.411 e. The van der Waals surface area contributed by atoms with Crippen molar-refractivity contribution >= 4 is 17.3 Å². The molecule has 0 aliphatic heterocycles. The van der Waals surface area contributed by atoms with Gasteiger partial charge in [0.25, 0.3) is 5.91 Å². The van der Waals surface area contributed by atoms with Crippen molar-refractivity contribution in [1.29, 1.82) is 0 Å². The zero-order chi connectivity index (χ0) is 15.4. The van der Waals surface area contributed by atoms with Crippen LogP contribution in [-0.2, 0) is 0 Å². The van der Waals surface area contributed by atoms with Gasteiger partial charge in [0.05, 0.1) is 11.3 Å². The Kier molecular flexibility index (Phi) is 4.33. The first-order chi connectivity index (χ1) is 10.0. The molecule has 0 heterocycles. The molecule has 0 saturated carbocycles. The van der Waals surface area contributed by atoms with Crippen molar-refractivity contribution < 1.29 is 14.4 Å². The fourth-order valence-corrected chi connectivity index (χ4v) is 1.86. The molecule has 0 aliphatic carbocycles. The Balaban J connectivity index is 2.18. The number of anilines is 1. The van der Waals surface area contributed by atoms with Gasteiger partial charge in [-0.1, -0.05) is 28.9 Å². The Bertz CT molecular complexity index is 694. The van der Waals surface area contributed by atoms with E-state index in [4.69, 9.17) is 5.21 Å². The Morgan fingerprint density at radius 1 is 1.19 bits per heavy atom. The normalized spacial score (nSPS) is 11.3. The molecule has 108 valence electrons. The van der Waals surface area contributed by atoms with Crippen LogP contribution in [-0.4, -0.2) is 16.8 Å². The number of hydrogen-bond donors (Lipinski definition) is 2. The first-order valence-electron chi connectivity index (χ1n) is 6.38. The van der Waals surface area contributed by atoms with Crippen LogP contribution in [0.1, 0.15) is 28.4 Å². The molecule has 0 saturated heterocycles. The highest BCUT2D eigenvalue weighted by Crippen LogP contribution is 2.15. The summed E-state index contributed by atoms with van der Waals surface area (Å²) in [5.74, 6) is -1.06. The molecule has 2 N–H and O–H groups in total. The van der Waals surface area contributed by atoms with Gasteiger partial charge in [-0.25, -0.2) is 4.39 Å². The summed E-state index contributed by atoms with van der Waals surface area (Å²) in [4.78, 5) is 12.0. The lowest BCUT2D eigenvalue weighted by Crippen LogP contribution is -2.14. The molecule has 2 aromatic rings. The predicted molar refractivity (Wildman–Crippen MR) is 79.5 cm³/mol. The summed E-state index contributed by atoms with van der Waals surface area (Å²) in [6.07, 6.45) is 0. The third kappa shape index (κ3) is 3.45. The number of hydrogen-bond acceptors (Lipinski definition) is 3. The molecule has 0 aliphatic rings. The van der Waals surface area contributed by atoms with Gasteiger partial charge < -0.3 is 10.5 Å². The number of carbonyl (C=O) groups excluding carboxylic acids is 1. The molecule has 0 radical (unpaired) electrons. The van der Waals surface area contributed by atoms with Gasteiger partial charge in [0.2, 0.25) is 0 Å². The van der Waals surface area contributed by atoms with E-state index in [9.17, 15) is 9.18 Å². The number of nitrogens with zero attached hydrogens (tertiary/aromatic N) is 1. The fourth-order valence-electron chi connectivity index (χ4n) is 1.86. The minimum atomic E-state index is -0.557. The first kappa shape index (κ1) is 14.7. The van der Waals surface area contributed by atoms with Crippen LogP contribution in [0.15, 0.2) is 47.6 Å². The van der Waals surface area contributed by atoms with Crippen molar-refractivity contribution in [3.05, 3.63) is 65.0 Å². The van der Waals surface area contributed by atoms with Crippen LogP contribution in [0.4, 0.5) is 10.1 Å². The molecule has 2 aromatic carbocycles. The smallest absolute Gasteiger partial charge is 0.258 e. The summed E-state index contributed by atoms with van der Waals surface area (Å²) in [6, 6.07) is 11.1. The number of aryl methyl sites for hydroxylation is 1. The van der Waals surface area contributed by atoms with Crippen molar-refractivity contribution in [1.82, 2.24) is 0 Å². The topological polar surface area (TPSA) is 61.7 Å². The first-order valence-corrected chi connectivity index (χ1v) is 6.38. The van der Waals surface area contributed by atoms with Crippen LogP contribution in [0.3, 0.4) is 0 Å². The van der Waals surface area contributed by atoms with Gasteiger partial charge in [0.1, 0.15) is 5.82 Å². The van der Waals surface area contributed by atoms with Crippen LogP contribution in [0.2, 0.25) is 0 Å². The van der Waals surface area contributed by atoms with Gasteiger partial charge in [-0.15, -0.1) is 0 Å². The van der Waals surface area contributed by atoms with Crippen LogP contribution in [0.25, 0.3) is 0 Å². The lowest BCUT2D eigenvalue weighted by molar-refractivity contribution is 0.102. The summed E-state index contributed by atoms with van der Waals surface area (Å²) in [6.45, 7) is 3.46. The van der Waals surface area contributed by atoms with Crippen LogP contribution in [0.5, 0.6) is 0 Å². The van der Waals surface area contributed by atoms with Gasteiger partial charge in [0.15, 0.2) is 0 Å². The zero-order valence-electron chi connectivity index (χ0n) is 11.7. The van der Waals surface area contributed by atoms with Crippen LogP contribution >= 0.6 is 0 Å². The molecule has 4 nitrogen and oxygen atoms in total. The maximum Gasteiger partial charge on any atom is 0.258 e. The summed E-state index contributed by atoms with van der Waals surface area (Å²) in [5.41, 5.74) is 2.56. The maximum atomic E-state index is 13.6. The average molecular weight is 286 g/mol. The van der Waals surface area contributed by atoms with Crippen molar-refractivity contribution in [2.24, 2.45) is 5.16 Å². The lowest BCUT2D eigenvalue weighted by Gasteiger charge is -2.07. The molecule has 21 heavy (non-hydrogen) atoms. The molecular weight excluding hydrogens is 271 g/mol. The minimum absolute atomic E-state index is 0.00665. The van der Waals surface area contributed by atoms with E-state index in [-0.39, 0.29) is 5.56 Å². The number of halogens is 1. The highest BCUT2D eigenvalue weighted by molar-refractivity contribution is 6.05. The van der Waals surface area contributed by atoms with Gasteiger partial charge >= 0.3 is 0 Å². The third-order valence-electron chi connectivity index (χ3n) is 3.08. The molecule has 0 spiro atoms. The molecular formula is C16H15FN2O2. The van der Waals surface area contributed by atoms with Gasteiger partial charge in [-0.2, -0.15) is 0 Å². The molecule has 0 unspecified atom stereocenters. The van der Waals surface area contributed by atoms with E-state index >= 15 is 0 Å². The minimum Gasteiger partial charge on any atom is -0.411 e. The second-order valence-electron chi connectivity index (χ2n) is 4.70. The summed E-state index contributed by atoms with van der Waals surface area (Å²) in [5, 5.41) is 14.4. The molecule has 5 heteroatoms. The number of nitrogens with one attached hydrogen (secondary N) is 1. The lowest BCUT2D eigenvalue weighted by atomic mass is 10.1. The zero-order valence-corrected chi connectivity index (χ0v) is 11.7. The third-order valence-corrected chi connectivity index (χ3v) is 3.08. The average Bonchev–Trinajstić information content (AvgIpc) is 2.49. The van der Waals surface area contributed by atoms with E-state index in [1.165, 1.54) is 12.1 Å². The predicted octanol–water partition coefficient (Wildman–Crippen LogP) is 3.58. The maximum absolute atomic E-state index is 13.6. The van der Waals surface area contributed by atoms with Gasteiger partial charge in [-0.05, 0) is 43.7 Å². The van der Waals surface area contributed by atoms with Crippen LogP contribution < -0.4 is 5.32 Å².